The fraction of sp³-hybridized carbons (Fsp3) is 0.769. The highest BCUT2D eigenvalue weighted by molar-refractivity contribution is 5.27. The second kappa shape index (κ2) is 3.88. The second-order valence-corrected chi connectivity index (χ2v) is 5.90. The van der Waals surface area contributed by atoms with Gasteiger partial charge in [-0.15, -0.1) is 0 Å². The zero-order chi connectivity index (χ0) is 11.9. The molecule has 0 bridgehead atoms. The van der Waals surface area contributed by atoms with Crippen molar-refractivity contribution in [2.45, 2.75) is 59.0 Å². The van der Waals surface area contributed by atoms with Gasteiger partial charge >= 0.3 is 0 Å². The summed E-state index contributed by atoms with van der Waals surface area (Å²) >= 11 is 0. The fourth-order valence-electron chi connectivity index (χ4n) is 2.68. The molecule has 1 aliphatic rings. The highest BCUT2D eigenvalue weighted by atomic mass is 15.3. The molecular formula is C13H23N3. The molecule has 0 aliphatic heterocycles. The van der Waals surface area contributed by atoms with Gasteiger partial charge in [0.05, 0.1) is 6.20 Å². The van der Waals surface area contributed by atoms with Crippen LogP contribution in [0.4, 0.5) is 0 Å². The van der Waals surface area contributed by atoms with Crippen molar-refractivity contribution in [3.63, 3.8) is 0 Å². The number of nitrogens with zero attached hydrogens (tertiary/aromatic N) is 2. The topological polar surface area (TPSA) is 43.8 Å². The molecule has 0 fully saturated rings. The molecule has 0 radical (unpaired) electrons. The van der Waals surface area contributed by atoms with E-state index in [0.717, 1.165) is 19.3 Å². The Bertz CT molecular complexity index is 379. The first-order valence-corrected chi connectivity index (χ1v) is 6.26. The van der Waals surface area contributed by atoms with Gasteiger partial charge in [0.15, 0.2) is 0 Å². The molecule has 0 amide bonds. The standard InChI is InChI=1S/C13H23N3/c1-5-9(2)16-12-7-13(3,4)6-11(14)10(12)8-15-16/h8-9,11H,5-7,14H2,1-4H3. The van der Waals surface area contributed by atoms with Gasteiger partial charge in [0.25, 0.3) is 0 Å². The van der Waals surface area contributed by atoms with Gasteiger partial charge in [0, 0.05) is 23.3 Å². The molecule has 90 valence electrons. The minimum atomic E-state index is 0.163. The summed E-state index contributed by atoms with van der Waals surface area (Å²) in [5.74, 6) is 0. The third-order valence-electron chi connectivity index (χ3n) is 3.76. The van der Waals surface area contributed by atoms with E-state index in [0.29, 0.717) is 11.5 Å². The SMILES string of the molecule is CCC(C)n1ncc2c1CC(C)(C)CC2N. The number of rotatable bonds is 2. The van der Waals surface area contributed by atoms with E-state index in [1.165, 1.54) is 11.3 Å². The Morgan fingerprint density at radius 1 is 1.62 bits per heavy atom. The van der Waals surface area contributed by atoms with Crippen LogP contribution in [0.2, 0.25) is 0 Å². The van der Waals surface area contributed by atoms with E-state index >= 15 is 0 Å². The van der Waals surface area contributed by atoms with Gasteiger partial charge in [-0.25, -0.2) is 0 Å². The zero-order valence-corrected chi connectivity index (χ0v) is 10.8. The average Bonchev–Trinajstić information content (AvgIpc) is 2.58. The molecule has 1 aromatic rings. The predicted molar refractivity (Wildman–Crippen MR) is 66.3 cm³/mol. The highest BCUT2D eigenvalue weighted by Gasteiger charge is 2.33. The van der Waals surface area contributed by atoms with Gasteiger partial charge in [-0.2, -0.15) is 5.10 Å². The van der Waals surface area contributed by atoms with Crippen molar-refractivity contribution in [1.82, 2.24) is 9.78 Å². The van der Waals surface area contributed by atoms with Crippen LogP contribution in [0.1, 0.15) is 63.9 Å². The number of hydrogen-bond donors (Lipinski definition) is 1. The normalized spacial score (nSPS) is 25.2. The van der Waals surface area contributed by atoms with Gasteiger partial charge < -0.3 is 5.73 Å². The molecule has 1 aromatic heterocycles. The van der Waals surface area contributed by atoms with Crippen molar-refractivity contribution in [3.05, 3.63) is 17.5 Å². The summed E-state index contributed by atoms with van der Waals surface area (Å²) in [6, 6.07) is 0.640. The van der Waals surface area contributed by atoms with Crippen LogP contribution in [0.15, 0.2) is 6.20 Å². The van der Waals surface area contributed by atoms with Crippen LogP contribution in [0.25, 0.3) is 0 Å². The first-order valence-electron chi connectivity index (χ1n) is 6.26. The summed E-state index contributed by atoms with van der Waals surface area (Å²) in [7, 11) is 0. The van der Waals surface area contributed by atoms with Crippen LogP contribution in [0.3, 0.4) is 0 Å². The largest absolute Gasteiger partial charge is 0.324 e. The summed E-state index contributed by atoms with van der Waals surface area (Å²) in [5.41, 5.74) is 9.15. The van der Waals surface area contributed by atoms with E-state index in [1.807, 2.05) is 6.20 Å². The first kappa shape index (κ1) is 11.6. The van der Waals surface area contributed by atoms with Gasteiger partial charge in [-0.3, -0.25) is 4.68 Å². The zero-order valence-electron chi connectivity index (χ0n) is 10.8. The van der Waals surface area contributed by atoms with Gasteiger partial charge in [0.2, 0.25) is 0 Å². The molecule has 0 saturated carbocycles. The molecule has 0 saturated heterocycles. The van der Waals surface area contributed by atoms with Crippen LogP contribution in [0, 0.1) is 5.41 Å². The Balaban J connectivity index is 2.41. The minimum absolute atomic E-state index is 0.163. The molecule has 2 rings (SSSR count). The number of fused-ring (bicyclic) bond motifs is 1. The molecule has 0 spiro atoms. The number of hydrogen-bond acceptors (Lipinski definition) is 2. The summed E-state index contributed by atoms with van der Waals surface area (Å²) < 4.78 is 2.18. The highest BCUT2D eigenvalue weighted by Crippen LogP contribution is 2.40. The average molecular weight is 221 g/mol. The molecule has 2 unspecified atom stereocenters. The molecule has 2 atom stereocenters. The first-order chi connectivity index (χ1) is 7.44. The molecule has 3 nitrogen and oxygen atoms in total. The third-order valence-corrected chi connectivity index (χ3v) is 3.76. The number of aromatic nitrogens is 2. The molecular weight excluding hydrogens is 198 g/mol. The quantitative estimate of drug-likeness (QED) is 0.834. The maximum atomic E-state index is 6.22. The Kier molecular flexibility index (Phi) is 2.82. The van der Waals surface area contributed by atoms with Crippen molar-refractivity contribution in [2.75, 3.05) is 0 Å². The van der Waals surface area contributed by atoms with E-state index in [9.17, 15) is 0 Å². The van der Waals surface area contributed by atoms with Crippen LogP contribution in [-0.4, -0.2) is 9.78 Å². The molecule has 0 aromatic carbocycles. The maximum absolute atomic E-state index is 6.22. The lowest BCUT2D eigenvalue weighted by atomic mass is 9.74. The lowest BCUT2D eigenvalue weighted by Crippen LogP contribution is -2.31. The summed E-state index contributed by atoms with van der Waals surface area (Å²) in [4.78, 5) is 0. The summed E-state index contributed by atoms with van der Waals surface area (Å²) in [6.45, 7) is 9.01. The van der Waals surface area contributed by atoms with Crippen LogP contribution < -0.4 is 5.73 Å². The molecule has 1 aliphatic carbocycles. The van der Waals surface area contributed by atoms with Gasteiger partial charge in [-0.1, -0.05) is 20.8 Å². The van der Waals surface area contributed by atoms with Crippen molar-refractivity contribution < 1.29 is 0 Å². The monoisotopic (exact) mass is 221 g/mol. The van der Waals surface area contributed by atoms with Crippen LogP contribution in [0.5, 0.6) is 0 Å². The summed E-state index contributed by atoms with van der Waals surface area (Å²) in [6.07, 6.45) is 5.25. The lowest BCUT2D eigenvalue weighted by molar-refractivity contribution is 0.269. The smallest absolute Gasteiger partial charge is 0.0540 e. The lowest BCUT2D eigenvalue weighted by Gasteiger charge is -2.34. The molecule has 2 N–H and O–H groups in total. The van der Waals surface area contributed by atoms with Gasteiger partial charge in [0.1, 0.15) is 0 Å². The van der Waals surface area contributed by atoms with Crippen molar-refractivity contribution >= 4 is 0 Å². The Morgan fingerprint density at radius 2 is 2.31 bits per heavy atom. The van der Waals surface area contributed by atoms with E-state index in [2.05, 4.69) is 37.5 Å². The number of nitrogens with two attached hydrogens (primary N) is 1. The third kappa shape index (κ3) is 1.88. The second-order valence-electron chi connectivity index (χ2n) is 5.90. The van der Waals surface area contributed by atoms with Crippen LogP contribution in [-0.2, 0) is 6.42 Å². The fourth-order valence-corrected chi connectivity index (χ4v) is 2.68. The van der Waals surface area contributed by atoms with Crippen LogP contribution >= 0.6 is 0 Å². The Morgan fingerprint density at radius 3 is 2.94 bits per heavy atom. The van der Waals surface area contributed by atoms with E-state index in [-0.39, 0.29) is 6.04 Å². The molecule has 1 heterocycles. The van der Waals surface area contributed by atoms with Crippen molar-refractivity contribution in [1.29, 1.82) is 0 Å². The maximum Gasteiger partial charge on any atom is 0.0540 e. The molecule has 3 heteroatoms. The minimum Gasteiger partial charge on any atom is -0.324 e. The Labute approximate surface area is 98.0 Å². The van der Waals surface area contributed by atoms with E-state index < -0.39 is 0 Å². The summed E-state index contributed by atoms with van der Waals surface area (Å²) in [5, 5.41) is 4.52. The molecule has 16 heavy (non-hydrogen) atoms. The van der Waals surface area contributed by atoms with Crippen molar-refractivity contribution in [3.8, 4) is 0 Å². The van der Waals surface area contributed by atoms with E-state index in [4.69, 9.17) is 5.73 Å². The van der Waals surface area contributed by atoms with E-state index in [1.54, 1.807) is 0 Å². The van der Waals surface area contributed by atoms with Gasteiger partial charge in [-0.05, 0) is 31.6 Å². The Hall–Kier alpha value is -0.830. The van der Waals surface area contributed by atoms with Crippen molar-refractivity contribution in [2.24, 2.45) is 11.1 Å². The predicted octanol–water partition coefficient (Wildman–Crippen LogP) is 2.83.